The molecule has 0 aliphatic carbocycles. The van der Waals surface area contributed by atoms with Gasteiger partial charge >= 0.3 is 12.3 Å². The Kier molecular flexibility index (Phi) is 7.77. The van der Waals surface area contributed by atoms with Crippen molar-refractivity contribution < 1.29 is 31.9 Å². The monoisotopic (exact) mass is 512 g/mol. The Morgan fingerprint density at radius 2 is 1.81 bits per heavy atom. The molecule has 0 unspecified atom stereocenters. The normalized spacial score (nSPS) is 13.6. The van der Waals surface area contributed by atoms with Crippen molar-refractivity contribution in [2.75, 3.05) is 37.7 Å². The van der Waals surface area contributed by atoms with Gasteiger partial charge in [-0.25, -0.2) is 14.8 Å². The number of carbonyl (C=O) groups excluding carboxylic acids is 2. The lowest BCUT2D eigenvalue weighted by Gasteiger charge is -2.34. The highest BCUT2D eigenvalue weighted by atomic mass is 19.4. The van der Waals surface area contributed by atoms with Crippen LogP contribution in [0.5, 0.6) is 0 Å². The lowest BCUT2D eigenvalue weighted by Crippen LogP contribution is -2.49. The van der Waals surface area contributed by atoms with E-state index in [-0.39, 0.29) is 18.9 Å². The van der Waals surface area contributed by atoms with Crippen LogP contribution in [0.25, 0.3) is 11.5 Å². The number of aromatic nitrogens is 2. The minimum Gasteiger partial charge on any atom is -0.436 e. The van der Waals surface area contributed by atoms with E-state index in [0.29, 0.717) is 43.1 Å². The van der Waals surface area contributed by atoms with E-state index < -0.39 is 29.5 Å². The number of nitrogens with zero attached hydrogens (tertiary/aromatic N) is 4. The molecule has 3 heterocycles. The largest absolute Gasteiger partial charge is 0.452 e. The molecule has 0 N–H and O–H groups in total. The van der Waals surface area contributed by atoms with E-state index in [9.17, 15) is 22.8 Å². The summed E-state index contributed by atoms with van der Waals surface area (Å²) in [6, 6.07) is 11.4. The van der Waals surface area contributed by atoms with Gasteiger partial charge in [-0.1, -0.05) is 30.2 Å². The van der Waals surface area contributed by atoms with Crippen LogP contribution in [0.2, 0.25) is 0 Å². The van der Waals surface area contributed by atoms with Crippen molar-refractivity contribution in [3.63, 3.8) is 0 Å². The molecule has 0 saturated carbocycles. The number of piperazine rings is 1. The average Bonchev–Trinajstić information content (AvgIpc) is 3.37. The summed E-state index contributed by atoms with van der Waals surface area (Å²) in [5.41, 5.74) is 0.00908. The fourth-order valence-corrected chi connectivity index (χ4v) is 3.76. The lowest BCUT2D eigenvalue weighted by atomic mass is 10.1. The average molecular weight is 512 g/mol. The van der Waals surface area contributed by atoms with Crippen LogP contribution in [0.3, 0.4) is 0 Å². The third-order valence-electron chi connectivity index (χ3n) is 5.65. The molecule has 0 radical (unpaired) electrons. The molecule has 11 heteroatoms. The molecular formula is C26H23F3N4O4. The minimum absolute atomic E-state index is 0.0453. The van der Waals surface area contributed by atoms with Gasteiger partial charge in [-0.15, -0.1) is 5.92 Å². The molecule has 1 aromatic carbocycles. The first-order chi connectivity index (χ1) is 17.8. The molecule has 2 aromatic heterocycles. The number of ketones is 1. The van der Waals surface area contributed by atoms with Crippen LogP contribution in [0.15, 0.2) is 53.1 Å². The summed E-state index contributed by atoms with van der Waals surface area (Å²) < 4.78 is 50.7. The predicted octanol–water partition coefficient (Wildman–Crippen LogP) is 4.46. The zero-order valence-electron chi connectivity index (χ0n) is 19.9. The standard InChI is InChI=1S/C26H23F3N4O4/c1-2-3-15-36-25(35)33-13-11-32(12-14-33)21-10-9-18(17-30-21)16-20(34)22-23(26(27,28)29)37-24(31-22)19-7-5-4-6-8-19/h4-10,17H,11-16H2,1H3. The second-order valence-corrected chi connectivity index (χ2v) is 8.14. The van der Waals surface area contributed by atoms with Gasteiger partial charge in [-0.2, -0.15) is 13.2 Å². The Labute approximate surface area is 211 Å². The maximum absolute atomic E-state index is 13.5. The minimum atomic E-state index is -4.87. The second-order valence-electron chi connectivity index (χ2n) is 8.14. The van der Waals surface area contributed by atoms with Gasteiger partial charge in [0.05, 0.1) is 0 Å². The van der Waals surface area contributed by atoms with Crippen LogP contribution in [0.4, 0.5) is 23.8 Å². The number of oxazole rings is 1. The first-order valence-corrected chi connectivity index (χ1v) is 11.4. The smallest absolute Gasteiger partial charge is 0.436 e. The topological polar surface area (TPSA) is 88.8 Å². The first kappa shape index (κ1) is 25.8. The molecule has 0 atom stereocenters. The van der Waals surface area contributed by atoms with Crippen LogP contribution in [0.1, 0.15) is 28.7 Å². The molecule has 0 bridgehead atoms. The van der Waals surface area contributed by atoms with Gasteiger partial charge in [-0.3, -0.25) is 4.79 Å². The van der Waals surface area contributed by atoms with Gasteiger partial charge in [0, 0.05) is 44.4 Å². The number of alkyl halides is 3. The highest BCUT2D eigenvalue weighted by molar-refractivity contribution is 5.97. The molecule has 1 amide bonds. The fourth-order valence-electron chi connectivity index (χ4n) is 3.76. The van der Waals surface area contributed by atoms with Crippen LogP contribution >= 0.6 is 0 Å². The predicted molar refractivity (Wildman–Crippen MR) is 128 cm³/mol. The van der Waals surface area contributed by atoms with E-state index in [1.807, 2.05) is 4.90 Å². The van der Waals surface area contributed by atoms with Crippen LogP contribution in [0, 0.1) is 11.8 Å². The number of carbonyl (C=O) groups is 2. The molecule has 3 aromatic rings. The number of benzene rings is 1. The first-order valence-electron chi connectivity index (χ1n) is 11.4. The quantitative estimate of drug-likeness (QED) is 0.356. The molecule has 1 aliphatic heterocycles. The maximum Gasteiger partial charge on any atom is 0.452 e. The number of rotatable bonds is 6. The summed E-state index contributed by atoms with van der Waals surface area (Å²) in [5.74, 6) is 3.44. The summed E-state index contributed by atoms with van der Waals surface area (Å²) in [6.07, 6.45) is -4.17. The summed E-state index contributed by atoms with van der Waals surface area (Å²) in [4.78, 5) is 36.6. The Bertz CT molecular complexity index is 1300. The van der Waals surface area contributed by atoms with Crippen LogP contribution in [-0.4, -0.2) is 59.5 Å². The number of Topliss-reactive ketones (excluding diaryl/α,β-unsaturated/α-hetero) is 1. The maximum atomic E-state index is 13.5. The van der Waals surface area contributed by atoms with E-state index >= 15 is 0 Å². The lowest BCUT2D eigenvalue weighted by molar-refractivity contribution is -0.153. The number of hydrogen-bond donors (Lipinski definition) is 0. The Hall–Kier alpha value is -4.33. The van der Waals surface area contributed by atoms with Gasteiger partial charge in [-0.05, 0) is 30.7 Å². The Balaban J connectivity index is 1.40. The highest BCUT2D eigenvalue weighted by Gasteiger charge is 2.41. The van der Waals surface area contributed by atoms with E-state index in [1.165, 1.54) is 6.20 Å². The molecule has 192 valence electrons. The molecule has 1 saturated heterocycles. The Morgan fingerprint density at radius 1 is 1.08 bits per heavy atom. The number of amides is 1. The summed E-state index contributed by atoms with van der Waals surface area (Å²) >= 11 is 0. The third-order valence-corrected chi connectivity index (χ3v) is 5.65. The number of pyridine rings is 1. The summed E-state index contributed by atoms with van der Waals surface area (Å²) in [5, 5.41) is 0. The Morgan fingerprint density at radius 3 is 2.43 bits per heavy atom. The van der Waals surface area contributed by atoms with Gasteiger partial charge in [0.25, 0.3) is 0 Å². The van der Waals surface area contributed by atoms with Crippen molar-refractivity contribution in [3.8, 4) is 23.3 Å². The van der Waals surface area contributed by atoms with Crippen molar-refractivity contribution in [3.05, 3.63) is 65.7 Å². The van der Waals surface area contributed by atoms with Crippen molar-refractivity contribution in [1.29, 1.82) is 0 Å². The van der Waals surface area contributed by atoms with E-state index in [0.717, 1.165) is 0 Å². The van der Waals surface area contributed by atoms with Crippen molar-refractivity contribution in [2.24, 2.45) is 0 Å². The third kappa shape index (κ3) is 6.27. The number of halogens is 3. The second kappa shape index (κ2) is 11.2. The van der Waals surface area contributed by atoms with Gasteiger partial charge in [0.1, 0.15) is 5.82 Å². The molecule has 0 spiro atoms. The molecule has 37 heavy (non-hydrogen) atoms. The zero-order chi connectivity index (χ0) is 26.4. The van der Waals surface area contributed by atoms with Gasteiger partial charge in [0.15, 0.2) is 18.1 Å². The van der Waals surface area contributed by atoms with E-state index in [2.05, 4.69) is 21.8 Å². The molecular weight excluding hydrogens is 489 g/mol. The van der Waals surface area contributed by atoms with Crippen molar-refractivity contribution >= 4 is 17.7 Å². The van der Waals surface area contributed by atoms with Crippen molar-refractivity contribution in [1.82, 2.24) is 14.9 Å². The molecule has 1 fully saturated rings. The van der Waals surface area contributed by atoms with Crippen molar-refractivity contribution in [2.45, 2.75) is 19.5 Å². The van der Waals surface area contributed by atoms with Crippen LogP contribution in [-0.2, 0) is 17.3 Å². The van der Waals surface area contributed by atoms with E-state index in [4.69, 9.17) is 9.15 Å². The number of hydrogen-bond acceptors (Lipinski definition) is 7. The highest BCUT2D eigenvalue weighted by Crippen LogP contribution is 2.35. The molecule has 1 aliphatic rings. The van der Waals surface area contributed by atoms with Gasteiger partial charge in [0.2, 0.25) is 11.7 Å². The summed E-state index contributed by atoms with van der Waals surface area (Å²) in [7, 11) is 0. The summed E-state index contributed by atoms with van der Waals surface area (Å²) in [6.45, 7) is 3.64. The number of ether oxygens (including phenoxy) is 1. The fraction of sp³-hybridized carbons (Fsp3) is 0.308. The molecule has 8 nitrogen and oxygen atoms in total. The van der Waals surface area contributed by atoms with Gasteiger partial charge < -0.3 is 19.0 Å². The number of anilines is 1. The van der Waals surface area contributed by atoms with Crippen LogP contribution < -0.4 is 4.90 Å². The zero-order valence-corrected chi connectivity index (χ0v) is 19.9. The SMILES string of the molecule is CC#CCOC(=O)N1CCN(c2ccc(CC(=O)c3nc(-c4ccccc4)oc3C(F)(F)F)cn2)CC1. The van der Waals surface area contributed by atoms with E-state index in [1.54, 1.807) is 54.3 Å². The molecule has 4 rings (SSSR count).